The number of ketones is 1. The summed E-state index contributed by atoms with van der Waals surface area (Å²) in [6.45, 7) is 4.04. The number of carbonyl (C=O) groups excluding carboxylic acids is 1. The molecular formula is C13H18O2. The molecule has 0 radical (unpaired) electrons. The molecule has 0 aliphatic carbocycles. The number of para-hydroxylation sites is 1. The Morgan fingerprint density at radius 1 is 1.40 bits per heavy atom. The van der Waals surface area contributed by atoms with Crippen molar-refractivity contribution in [2.75, 3.05) is 7.11 Å². The topological polar surface area (TPSA) is 26.3 Å². The lowest BCUT2D eigenvalue weighted by Gasteiger charge is -2.09. The maximum Gasteiger partial charge on any atom is 0.166 e. The van der Waals surface area contributed by atoms with Gasteiger partial charge in [-0.2, -0.15) is 0 Å². The van der Waals surface area contributed by atoms with Gasteiger partial charge in [-0.1, -0.05) is 25.5 Å². The molecular weight excluding hydrogens is 188 g/mol. The summed E-state index contributed by atoms with van der Waals surface area (Å²) in [6, 6.07) is 5.69. The first kappa shape index (κ1) is 11.8. The van der Waals surface area contributed by atoms with Crippen molar-refractivity contribution in [1.82, 2.24) is 0 Å². The van der Waals surface area contributed by atoms with E-state index in [0.717, 1.165) is 24.2 Å². The van der Waals surface area contributed by atoms with Gasteiger partial charge in [-0.15, -0.1) is 0 Å². The molecule has 1 aromatic rings. The van der Waals surface area contributed by atoms with Gasteiger partial charge < -0.3 is 4.74 Å². The smallest absolute Gasteiger partial charge is 0.166 e. The minimum absolute atomic E-state index is 0.178. The molecule has 0 saturated carbocycles. The maximum absolute atomic E-state index is 11.9. The normalized spacial score (nSPS) is 10.1. The second-order valence-corrected chi connectivity index (χ2v) is 3.68. The average molecular weight is 206 g/mol. The molecule has 0 atom stereocenters. The molecule has 0 spiro atoms. The molecule has 1 aromatic carbocycles. The molecule has 15 heavy (non-hydrogen) atoms. The fourth-order valence-corrected chi connectivity index (χ4v) is 1.61. The second-order valence-electron chi connectivity index (χ2n) is 3.68. The summed E-state index contributed by atoms with van der Waals surface area (Å²) in [7, 11) is 1.61. The third-order valence-corrected chi connectivity index (χ3v) is 2.47. The predicted octanol–water partition coefficient (Wildman–Crippen LogP) is 3.38. The number of unbranched alkanes of at least 4 members (excludes halogenated alkanes) is 1. The van der Waals surface area contributed by atoms with Gasteiger partial charge in [-0.05, 0) is 25.0 Å². The summed E-state index contributed by atoms with van der Waals surface area (Å²) >= 11 is 0. The average Bonchev–Trinajstić information content (AvgIpc) is 2.25. The Morgan fingerprint density at radius 3 is 2.73 bits per heavy atom. The van der Waals surface area contributed by atoms with Gasteiger partial charge in [-0.3, -0.25) is 4.79 Å². The Labute approximate surface area is 91.3 Å². The van der Waals surface area contributed by atoms with Crippen molar-refractivity contribution in [1.29, 1.82) is 0 Å². The van der Waals surface area contributed by atoms with Crippen molar-refractivity contribution in [2.24, 2.45) is 0 Å². The highest BCUT2D eigenvalue weighted by Crippen LogP contribution is 2.24. The molecule has 82 valence electrons. The number of rotatable bonds is 5. The largest absolute Gasteiger partial charge is 0.496 e. The van der Waals surface area contributed by atoms with Crippen LogP contribution in [0.3, 0.4) is 0 Å². The van der Waals surface area contributed by atoms with E-state index in [1.54, 1.807) is 7.11 Å². The Bertz CT molecular complexity index is 342. The van der Waals surface area contributed by atoms with Gasteiger partial charge in [0.05, 0.1) is 12.7 Å². The quantitative estimate of drug-likeness (QED) is 0.690. The predicted molar refractivity (Wildman–Crippen MR) is 61.6 cm³/mol. The van der Waals surface area contributed by atoms with Crippen LogP contribution in [0, 0.1) is 6.92 Å². The first-order chi connectivity index (χ1) is 7.20. The number of aryl methyl sites for hydroxylation is 1. The molecule has 0 fully saturated rings. The minimum atomic E-state index is 0.178. The monoisotopic (exact) mass is 206 g/mol. The third-order valence-electron chi connectivity index (χ3n) is 2.47. The van der Waals surface area contributed by atoms with Crippen molar-refractivity contribution < 1.29 is 9.53 Å². The van der Waals surface area contributed by atoms with Crippen LogP contribution in [0.5, 0.6) is 5.75 Å². The molecule has 2 nitrogen and oxygen atoms in total. The van der Waals surface area contributed by atoms with Gasteiger partial charge in [0.1, 0.15) is 5.75 Å². The number of methoxy groups -OCH3 is 1. The SMILES string of the molecule is CCCCC(=O)c1cccc(C)c1OC. The van der Waals surface area contributed by atoms with Crippen molar-refractivity contribution >= 4 is 5.78 Å². The van der Waals surface area contributed by atoms with E-state index in [1.165, 1.54) is 0 Å². The number of benzene rings is 1. The van der Waals surface area contributed by atoms with Gasteiger partial charge in [0, 0.05) is 6.42 Å². The number of Topliss-reactive ketones (excluding diaryl/α,β-unsaturated/α-hetero) is 1. The number of ether oxygens (including phenoxy) is 1. The maximum atomic E-state index is 11.9. The summed E-state index contributed by atoms with van der Waals surface area (Å²) in [6.07, 6.45) is 2.59. The van der Waals surface area contributed by atoms with Crippen LogP contribution in [-0.2, 0) is 0 Å². The van der Waals surface area contributed by atoms with Gasteiger partial charge >= 0.3 is 0 Å². The standard InChI is InChI=1S/C13H18O2/c1-4-5-9-12(14)11-8-6-7-10(2)13(11)15-3/h6-8H,4-5,9H2,1-3H3. The van der Waals surface area contributed by atoms with Gasteiger partial charge in [0.25, 0.3) is 0 Å². The van der Waals surface area contributed by atoms with E-state index in [4.69, 9.17) is 4.74 Å². The van der Waals surface area contributed by atoms with E-state index in [1.807, 2.05) is 25.1 Å². The molecule has 0 N–H and O–H groups in total. The lowest BCUT2D eigenvalue weighted by atomic mass is 10.0. The Hall–Kier alpha value is -1.31. The van der Waals surface area contributed by atoms with Crippen LogP contribution in [0.1, 0.15) is 42.1 Å². The number of hydrogen-bond acceptors (Lipinski definition) is 2. The first-order valence-corrected chi connectivity index (χ1v) is 5.37. The Morgan fingerprint density at radius 2 is 2.13 bits per heavy atom. The van der Waals surface area contributed by atoms with E-state index in [0.29, 0.717) is 12.0 Å². The van der Waals surface area contributed by atoms with E-state index in [9.17, 15) is 4.79 Å². The summed E-state index contributed by atoms with van der Waals surface area (Å²) in [5, 5.41) is 0. The van der Waals surface area contributed by atoms with Crippen molar-refractivity contribution in [3.05, 3.63) is 29.3 Å². The Balaban J connectivity index is 2.92. The molecule has 0 bridgehead atoms. The van der Waals surface area contributed by atoms with Crippen LogP contribution in [0.4, 0.5) is 0 Å². The fraction of sp³-hybridized carbons (Fsp3) is 0.462. The highest BCUT2D eigenvalue weighted by Gasteiger charge is 2.12. The summed E-state index contributed by atoms with van der Waals surface area (Å²) in [5.74, 6) is 0.899. The van der Waals surface area contributed by atoms with E-state index in [-0.39, 0.29) is 5.78 Å². The third kappa shape index (κ3) is 2.82. The molecule has 1 rings (SSSR count). The van der Waals surface area contributed by atoms with Crippen LogP contribution < -0.4 is 4.74 Å². The summed E-state index contributed by atoms with van der Waals surface area (Å²) in [4.78, 5) is 11.9. The lowest BCUT2D eigenvalue weighted by molar-refractivity contribution is 0.0976. The van der Waals surface area contributed by atoms with Crippen LogP contribution in [0.25, 0.3) is 0 Å². The molecule has 0 aromatic heterocycles. The fourth-order valence-electron chi connectivity index (χ4n) is 1.61. The van der Waals surface area contributed by atoms with Gasteiger partial charge in [0.15, 0.2) is 5.78 Å². The molecule has 0 aliphatic heterocycles. The molecule has 2 heteroatoms. The van der Waals surface area contributed by atoms with E-state index >= 15 is 0 Å². The molecule has 0 heterocycles. The van der Waals surface area contributed by atoms with Crippen molar-refractivity contribution in [2.45, 2.75) is 33.1 Å². The zero-order valence-electron chi connectivity index (χ0n) is 9.67. The first-order valence-electron chi connectivity index (χ1n) is 5.37. The Kier molecular flexibility index (Phi) is 4.35. The second kappa shape index (κ2) is 5.54. The van der Waals surface area contributed by atoms with Crippen molar-refractivity contribution in [3.63, 3.8) is 0 Å². The highest BCUT2D eigenvalue weighted by molar-refractivity contribution is 5.99. The van der Waals surface area contributed by atoms with Crippen LogP contribution in [0.15, 0.2) is 18.2 Å². The zero-order valence-corrected chi connectivity index (χ0v) is 9.67. The molecule has 0 saturated heterocycles. The van der Waals surface area contributed by atoms with Crippen LogP contribution in [-0.4, -0.2) is 12.9 Å². The minimum Gasteiger partial charge on any atom is -0.496 e. The lowest BCUT2D eigenvalue weighted by Crippen LogP contribution is -2.03. The van der Waals surface area contributed by atoms with Crippen LogP contribution in [0.2, 0.25) is 0 Å². The molecule has 0 aliphatic rings. The molecule has 0 amide bonds. The summed E-state index contributed by atoms with van der Waals surface area (Å²) < 4.78 is 5.26. The van der Waals surface area contributed by atoms with Gasteiger partial charge in [0.2, 0.25) is 0 Å². The van der Waals surface area contributed by atoms with Gasteiger partial charge in [-0.25, -0.2) is 0 Å². The summed E-state index contributed by atoms with van der Waals surface area (Å²) in [5.41, 5.74) is 1.73. The van der Waals surface area contributed by atoms with E-state index < -0.39 is 0 Å². The van der Waals surface area contributed by atoms with Crippen molar-refractivity contribution in [3.8, 4) is 5.75 Å². The number of carbonyl (C=O) groups is 1. The van der Waals surface area contributed by atoms with E-state index in [2.05, 4.69) is 6.92 Å². The highest BCUT2D eigenvalue weighted by atomic mass is 16.5. The zero-order chi connectivity index (χ0) is 11.3. The molecule has 0 unspecified atom stereocenters. The number of hydrogen-bond donors (Lipinski definition) is 0. The van der Waals surface area contributed by atoms with Crippen LogP contribution >= 0.6 is 0 Å².